The Kier molecular flexibility index (Phi) is 3.76. The minimum Gasteiger partial charge on any atom is -0.144 e. The summed E-state index contributed by atoms with van der Waals surface area (Å²) in [5.41, 5.74) is 1.59. The summed E-state index contributed by atoms with van der Waals surface area (Å²) in [6, 6.07) is 6.74. The Hall–Kier alpha value is 0.360. The molecule has 90 valence electrons. The van der Waals surface area contributed by atoms with Crippen LogP contribution in [-0.4, -0.2) is 0 Å². The van der Waals surface area contributed by atoms with Crippen molar-refractivity contribution < 1.29 is 0 Å². The van der Waals surface area contributed by atoms with Gasteiger partial charge in [-0.3, -0.25) is 0 Å². The van der Waals surface area contributed by atoms with Gasteiger partial charge in [-0.1, -0.05) is 15.9 Å². The first-order valence-corrected chi connectivity index (χ1v) is 9.09. The fourth-order valence-electron chi connectivity index (χ4n) is 2.24. The van der Waals surface area contributed by atoms with E-state index in [1.807, 2.05) is 22.7 Å². The first-order valence-electron chi connectivity index (χ1n) is 5.75. The summed E-state index contributed by atoms with van der Waals surface area (Å²) >= 11 is 11.2. The lowest BCUT2D eigenvalue weighted by Gasteiger charge is -2.08. The molecule has 0 spiro atoms. The van der Waals surface area contributed by atoms with Crippen LogP contribution in [0.5, 0.6) is 0 Å². The zero-order valence-electron chi connectivity index (χ0n) is 9.21. The number of hydrogen-bond donors (Lipinski definition) is 0. The highest BCUT2D eigenvalue weighted by Gasteiger charge is 2.19. The summed E-state index contributed by atoms with van der Waals surface area (Å²) in [6.07, 6.45) is 5.29. The van der Waals surface area contributed by atoms with E-state index in [2.05, 4.69) is 50.1 Å². The Morgan fingerprint density at radius 1 is 1.06 bits per heavy atom. The summed E-state index contributed by atoms with van der Waals surface area (Å²) in [5, 5.41) is 0. The third kappa shape index (κ3) is 2.55. The van der Waals surface area contributed by atoms with E-state index in [1.54, 1.807) is 10.4 Å². The van der Waals surface area contributed by atoms with E-state index in [9.17, 15) is 0 Å². The molecule has 2 aromatic rings. The van der Waals surface area contributed by atoms with Crippen molar-refractivity contribution in [2.75, 3.05) is 0 Å². The van der Waals surface area contributed by atoms with Crippen LogP contribution in [0.4, 0.5) is 0 Å². The van der Waals surface area contributed by atoms with Gasteiger partial charge in [0.15, 0.2) is 0 Å². The van der Waals surface area contributed by atoms with Crippen molar-refractivity contribution in [1.82, 2.24) is 0 Å². The summed E-state index contributed by atoms with van der Waals surface area (Å²) in [4.78, 5) is 4.84. The van der Waals surface area contributed by atoms with Crippen LogP contribution in [0.2, 0.25) is 0 Å². The molecule has 3 rings (SSSR count). The van der Waals surface area contributed by atoms with Crippen LogP contribution in [0.1, 0.15) is 37.9 Å². The highest BCUT2D eigenvalue weighted by molar-refractivity contribution is 9.11. The first kappa shape index (κ1) is 12.4. The van der Waals surface area contributed by atoms with Crippen LogP contribution in [0.3, 0.4) is 0 Å². The minimum absolute atomic E-state index is 0.370. The average Bonchev–Trinajstić information content (AvgIpc) is 2.93. The Morgan fingerprint density at radius 3 is 2.59 bits per heavy atom. The molecule has 4 heteroatoms. The van der Waals surface area contributed by atoms with E-state index in [1.165, 1.54) is 39.2 Å². The SMILES string of the molecule is Brc1ccc(C(Br)c2cc3c(s2)CCCC3)s1. The summed E-state index contributed by atoms with van der Waals surface area (Å²) in [7, 11) is 0. The number of rotatable bonds is 2. The molecular formula is C13H12Br2S2. The zero-order chi connectivity index (χ0) is 11.8. The third-order valence-corrected chi connectivity index (χ3v) is 7.69. The molecule has 0 aromatic carbocycles. The van der Waals surface area contributed by atoms with Gasteiger partial charge in [0, 0.05) is 14.6 Å². The van der Waals surface area contributed by atoms with Gasteiger partial charge in [-0.2, -0.15) is 0 Å². The maximum atomic E-state index is 3.83. The molecule has 1 aliphatic rings. The number of aryl methyl sites for hydroxylation is 2. The van der Waals surface area contributed by atoms with Gasteiger partial charge in [-0.25, -0.2) is 0 Å². The molecule has 0 radical (unpaired) electrons. The normalized spacial score (nSPS) is 16.8. The predicted molar refractivity (Wildman–Crippen MR) is 83.8 cm³/mol. The van der Waals surface area contributed by atoms with E-state index in [-0.39, 0.29) is 0 Å². The molecule has 2 heterocycles. The molecule has 0 nitrogen and oxygen atoms in total. The molecule has 0 saturated carbocycles. The van der Waals surface area contributed by atoms with Crippen molar-refractivity contribution in [1.29, 1.82) is 0 Å². The maximum absolute atomic E-state index is 3.83. The maximum Gasteiger partial charge on any atom is 0.0831 e. The Balaban J connectivity index is 1.91. The molecule has 1 aliphatic carbocycles. The standard InChI is InChI=1S/C13H12Br2S2/c14-12-6-5-10(17-12)13(15)11-7-8-3-1-2-4-9(8)16-11/h5-7,13H,1-4H2. The molecule has 1 unspecified atom stereocenters. The molecule has 0 amide bonds. The van der Waals surface area contributed by atoms with Gasteiger partial charge in [0.05, 0.1) is 8.61 Å². The number of fused-ring (bicyclic) bond motifs is 1. The van der Waals surface area contributed by atoms with E-state index in [0.717, 1.165) is 0 Å². The fourth-order valence-corrected chi connectivity index (χ4v) is 5.84. The van der Waals surface area contributed by atoms with Crippen molar-refractivity contribution in [2.45, 2.75) is 30.5 Å². The molecule has 0 bridgehead atoms. The van der Waals surface area contributed by atoms with Crippen LogP contribution < -0.4 is 0 Å². The molecule has 2 aromatic heterocycles. The van der Waals surface area contributed by atoms with E-state index in [4.69, 9.17) is 0 Å². The highest BCUT2D eigenvalue weighted by atomic mass is 79.9. The van der Waals surface area contributed by atoms with Gasteiger partial charge in [0.1, 0.15) is 0 Å². The van der Waals surface area contributed by atoms with E-state index >= 15 is 0 Å². The quantitative estimate of drug-likeness (QED) is 0.556. The Labute approximate surface area is 126 Å². The largest absolute Gasteiger partial charge is 0.144 e. The smallest absolute Gasteiger partial charge is 0.0831 e. The predicted octanol–water partition coefficient (Wildman–Crippen LogP) is 5.94. The van der Waals surface area contributed by atoms with Crippen LogP contribution in [0, 0.1) is 0 Å². The van der Waals surface area contributed by atoms with Crippen molar-refractivity contribution in [3.8, 4) is 0 Å². The number of halogens is 2. The number of thiophene rings is 2. The lowest BCUT2D eigenvalue weighted by molar-refractivity contribution is 0.697. The van der Waals surface area contributed by atoms with Gasteiger partial charge in [0.25, 0.3) is 0 Å². The average molecular weight is 392 g/mol. The fraction of sp³-hybridized carbons (Fsp3) is 0.385. The first-order chi connectivity index (χ1) is 8.24. The summed E-state index contributed by atoms with van der Waals surface area (Å²) in [5.74, 6) is 0. The Bertz CT molecular complexity index is 504. The van der Waals surface area contributed by atoms with Crippen LogP contribution >= 0.6 is 54.5 Å². The summed E-state index contributed by atoms with van der Waals surface area (Å²) in [6.45, 7) is 0. The molecule has 17 heavy (non-hydrogen) atoms. The monoisotopic (exact) mass is 390 g/mol. The van der Waals surface area contributed by atoms with Gasteiger partial charge in [-0.15, -0.1) is 22.7 Å². The second-order valence-corrected chi connectivity index (χ2v) is 8.89. The van der Waals surface area contributed by atoms with Crippen molar-refractivity contribution in [3.05, 3.63) is 42.2 Å². The second kappa shape index (κ2) is 5.16. The highest BCUT2D eigenvalue weighted by Crippen LogP contribution is 2.42. The lowest BCUT2D eigenvalue weighted by atomic mass is 9.99. The third-order valence-electron chi connectivity index (χ3n) is 3.11. The van der Waals surface area contributed by atoms with Gasteiger partial charge in [-0.05, 0) is 65.4 Å². The topological polar surface area (TPSA) is 0 Å². The van der Waals surface area contributed by atoms with E-state index < -0.39 is 0 Å². The Morgan fingerprint density at radius 2 is 1.88 bits per heavy atom. The molecule has 0 fully saturated rings. The molecule has 0 N–H and O–H groups in total. The van der Waals surface area contributed by atoms with Crippen molar-refractivity contribution in [3.63, 3.8) is 0 Å². The van der Waals surface area contributed by atoms with Crippen LogP contribution in [0.25, 0.3) is 0 Å². The van der Waals surface area contributed by atoms with Gasteiger partial charge >= 0.3 is 0 Å². The van der Waals surface area contributed by atoms with Crippen LogP contribution in [-0.2, 0) is 12.8 Å². The molecule has 1 atom stereocenters. The summed E-state index contributed by atoms with van der Waals surface area (Å²) < 4.78 is 1.21. The molecule has 0 saturated heterocycles. The number of hydrogen-bond acceptors (Lipinski definition) is 2. The lowest BCUT2D eigenvalue weighted by Crippen LogP contribution is -1.96. The molecular weight excluding hydrogens is 380 g/mol. The van der Waals surface area contributed by atoms with Crippen molar-refractivity contribution in [2.24, 2.45) is 0 Å². The zero-order valence-corrected chi connectivity index (χ0v) is 14.0. The van der Waals surface area contributed by atoms with E-state index in [0.29, 0.717) is 4.83 Å². The van der Waals surface area contributed by atoms with Crippen LogP contribution in [0.15, 0.2) is 22.0 Å². The number of alkyl halides is 1. The van der Waals surface area contributed by atoms with Gasteiger partial charge < -0.3 is 0 Å². The molecule has 0 aliphatic heterocycles. The minimum atomic E-state index is 0.370. The van der Waals surface area contributed by atoms with Crippen molar-refractivity contribution >= 4 is 54.5 Å². The van der Waals surface area contributed by atoms with Gasteiger partial charge in [0.2, 0.25) is 0 Å². The second-order valence-electron chi connectivity index (χ2n) is 4.31.